The summed E-state index contributed by atoms with van der Waals surface area (Å²) in [5.74, 6) is -0.340. The molecule has 0 aliphatic rings. The van der Waals surface area contributed by atoms with Crippen molar-refractivity contribution < 1.29 is 24.7 Å². The highest BCUT2D eigenvalue weighted by atomic mass is 16.5. The Balaban J connectivity index is 1.50. The highest BCUT2D eigenvalue weighted by molar-refractivity contribution is 5.91. The number of H-pyrrole nitrogens is 1. The summed E-state index contributed by atoms with van der Waals surface area (Å²) in [5, 5.41) is 18.5. The van der Waals surface area contributed by atoms with Crippen molar-refractivity contribution >= 4 is 34.9 Å². The fourth-order valence-corrected chi connectivity index (χ4v) is 4.39. The van der Waals surface area contributed by atoms with Crippen molar-refractivity contribution in [2.75, 3.05) is 13.7 Å². The van der Waals surface area contributed by atoms with Gasteiger partial charge in [0.2, 0.25) is 0 Å². The first-order valence-electron chi connectivity index (χ1n) is 12.8. The first kappa shape index (κ1) is 28.3. The molecule has 4 aromatic rings. The number of aromatic nitrogens is 1. The van der Waals surface area contributed by atoms with Gasteiger partial charge < -0.3 is 9.72 Å². The monoisotopic (exact) mass is 540 g/mol. The average molecular weight is 541 g/mol. The molecule has 3 aromatic carbocycles. The number of fused-ring (bicyclic) bond motifs is 1. The van der Waals surface area contributed by atoms with Crippen molar-refractivity contribution in [3.05, 3.63) is 113 Å². The number of carbonyl (C=O) groups excluding carboxylic acids is 2. The average Bonchev–Trinajstić information content (AvgIpc) is 3.40. The van der Waals surface area contributed by atoms with Gasteiger partial charge in [0.25, 0.3) is 11.8 Å². The van der Waals surface area contributed by atoms with E-state index in [0.717, 1.165) is 51.9 Å². The van der Waals surface area contributed by atoms with E-state index in [1.807, 2.05) is 60.7 Å². The van der Waals surface area contributed by atoms with Crippen LogP contribution in [0.15, 0.2) is 85.1 Å². The number of ether oxygens (including phenoxy) is 1. The number of nitrogens with zero attached hydrogens (tertiary/aromatic N) is 1. The SMILES string of the molecule is COc1ccc2[nH]cc(CCN(Cc3ccc(C=CC(=O)NO)cc3)Cc3ccc(C=CC(=O)NO)cc3)c2c1. The van der Waals surface area contributed by atoms with Crippen molar-refractivity contribution in [3.8, 4) is 5.75 Å². The molecular weight excluding hydrogens is 508 g/mol. The van der Waals surface area contributed by atoms with Gasteiger partial charge in [-0.2, -0.15) is 0 Å². The lowest BCUT2D eigenvalue weighted by molar-refractivity contribution is -0.124. The van der Waals surface area contributed by atoms with Gasteiger partial charge in [0.15, 0.2) is 0 Å². The summed E-state index contributed by atoms with van der Waals surface area (Å²) in [7, 11) is 1.67. The molecule has 1 aromatic heterocycles. The van der Waals surface area contributed by atoms with E-state index in [1.165, 1.54) is 17.7 Å². The zero-order valence-electron chi connectivity index (χ0n) is 22.1. The zero-order valence-corrected chi connectivity index (χ0v) is 22.1. The largest absolute Gasteiger partial charge is 0.497 e. The number of methoxy groups -OCH3 is 1. The summed E-state index contributed by atoms with van der Waals surface area (Å²) >= 11 is 0. The summed E-state index contributed by atoms with van der Waals surface area (Å²) < 4.78 is 5.42. The summed E-state index contributed by atoms with van der Waals surface area (Å²) in [6.45, 7) is 2.23. The molecule has 0 saturated heterocycles. The maximum atomic E-state index is 11.3. The summed E-state index contributed by atoms with van der Waals surface area (Å²) in [4.78, 5) is 28.2. The third-order valence-electron chi connectivity index (χ3n) is 6.52. The molecule has 0 bridgehead atoms. The second kappa shape index (κ2) is 13.9. The van der Waals surface area contributed by atoms with Crippen LogP contribution in [0, 0.1) is 0 Å². The van der Waals surface area contributed by atoms with Crippen LogP contribution in [0.25, 0.3) is 23.1 Å². The Morgan fingerprint density at radius 3 is 1.90 bits per heavy atom. The van der Waals surface area contributed by atoms with E-state index < -0.39 is 11.8 Å². The molecule has 0 spiro atoms. The Hall–Kier alpha value is -4.70. The first-order valence-corrected chi connectivity index (χ1v) is 12.8. The lowest BCUT2D eigenvalue weighted by Gasteiger charge is -2.23. The molecule has 0 atom stereocenters. The van der Waals surface area contributed by atoms with Gasteiger partial charge in [0.1, 0.15) is 5.75 Å². The molecule has 0 unspecified atom stereocenters. The van der Waals surface area contributed by atoms with Gasteiger partial charge in [-0.15, -0.1) is 0 Å². The maximum Gasteiger partial charge on any atom is 0.267 e. The Labute approximate surface area is 232 Å². The molecule has 1 heterocycles. The van der Waals surface area contributed by atoms with Crippen LogP contribution in [0.3, 0.4) is 0 Å². The van der Waals surface area contributed by atoms with Gasteiger partial charge >= 0.3 is 0 Å². The minimum atomic E-state index is -0.580. The summed E-state index contributed by atoms with van der Waals surface area (Å²) in [5.41, 5.74) is 9.40. The molecule has 0 aliphatic heterocycles. The van der Waals surface area contributed by atoms with Crippen LogP contribution >= 0.6 is 0 Å². The number of aromatic amines is 1. The predicted molar refractivity (Wildman–Crippen MR) is 153 cm³/mol. The van der Waals surface area contributed by atoms with E-state index in [2.05, 4.69) is 22.1 Å². The Morgan fingerprint density at radius 2 is 1.40 bits per heavy atom. The zero-order chi connectivity index (χ0) is 28.3. The van der Waals surface area contributed by atoms with E-state index in [4.69, 9.17) is 15.2 Å². The van der Waals surface area contributed by atoms with Crippen LogP contribution in [0.1, 0.15) is 27.8 Å². The first-order chi connectivity index (χ1) is 19.5. The van der Waals surface area contributed by atoms with Crippen LogP contribution in [0.4, 0.5) is 0 Å². The van der Waals surface area contributed by atoms with Crippen LogP contribution < -0.4 is 15.7 Å². The fraction of sp³-hybridized carbons (Fsp3) is 0.161. The lowest BCUT2D eigenvalue weighted by Crippen LogP contribution is -2.25. The van der Waals surface area contributed by atoms with E-state index in [1.54, 1.807) is 30.2 Å². The Morgan fingerprint density at radius 1 is 0.850 bits per heavy atom. The number of hydrogen-bond donors (Lipinski definition) is 5. The number of hydrogen-bond acceptors (Lipinski definition) is 6. The molecular formula is C31H32N4O5. The van der Waals surface area contributed by atoms with Gasteiger partial charge in [-0.25, -0.2) is 11.0 Å². The van der Waals surface area contributed by atoms with Gasteiger partial charge in [-0.1, -0.05) is 48.5 Å². The van der Waals surface area contributed by atoms with Crippen LogP contribution in [-0.4, -0.2) is 45.8 Å². The Bertz CT molecular complexity index is 1420. The number of benzene rings is 3. The van der Waals surface area contributed by atoms with Crippen molar-refractivity contribution in [3.63, 3.8) is 0 Å². The molecule has 0 radical (unpaired) electrons. The van der Waals surface area contributed by atoms with E-state index >= 15 is 0 Å². The van der Waals surface area contributed by atoms with Gasteiger partial charge in [-0.3, -0.25) is 24.9 Å². The molecule has 5 N–H and O–H groups in total. The molecule has 9 heteroatoms. The molecule has 0 saturated carbocycles. The maximum absolute atomic E-state index is 11.3. The van der Waals surface area contributed by atoms with Crippen molar-refractivity contribution in [2.45, 2.75) is 19.5 Å². The molecule has 0 aliphatic carbocycles. The smallest absolute Gasteiger partial charge is 0.267 e. The van der Waals surface area contributed by atoms with E-state index in [-0.39, 0.29) is 0 Å². The van der Waals surface area contributed by atoms with Crippen LogP contribution in [-0.2, 0) is 29.1 Å². The normalized spacial score (nSPS) is 11.5. The Kier molecular flexibility index (Phi) is 9.84. The van der Waals surface area contributed by atoms with Crippen LogP contribution in [0.5, 0.6) is 5.75 Å². The van der Waals surface area contributed by atoms with Crippen molar-refractivity contribution in [1.82, 2.24) is 20.8 Å². The van der Waals surface area contributed by atoms with Gasteiger partial charge in [-0.05, 0) is 64.6 Å². The minimum absolute atomic E-state index is 0.580. The number of amides is 2. The molecule has 0 fully saturated rings. The number of hydroxylamine groups is 2. The fourth-order valence-electron chi connectivity index (χ4n) is 4.39. The molecule has 4 rings (SSSR count). The number of carbonyl (C=O) groups is 2. The topological polar surface area (TPSA) is 127 Å². The highest BCUT2D eigenvalue weighted by Gasteiger charge is 2.11. The molecule has 9 nitrogen and oxygen atoms in total. The van der Waals surface area contributed by atoms with Gasteiger partial charge in [0, 0.05) is 48.9 Å². The highest BCUT2D eigenvalue weighted by Crippen LogP contribution is 2.24. The quantitative estimate of drug-likeness (QED) is 0.103. The van der Waals surface area contributed by atoms with Crippen LogP contribution in [0.2, 0.25) is 0 Å². The van der Waals surface area contributed by atoms with E-state index in [0.29, 0.717) is 13.1 Å². The number of rotatable bonds is 12. The third kappa shape index (κ3) is 7.90. The van der Waals surface area contributed by atoms with E-state index in [9.17, 15) is 9.59 Å². The van der Waals surface area contributed by atoms with Gasteiger partial charge in [0.05, 0.1) is 7.11 Å². The number of nitrogens with one attached hydrogen (secondary N) is 3. The standard InChI is InChI=1S/C31H32N4O5/c1-40-27-12-13-29-28(18-27)26(19-32-29)16-17-35(20-24-6-2-22(3-7-24)10-14-30(36)33-38)21-25-8-4-23(5-9-25)11-15-31(37)34-39/h2-15,18-19,32,38-39H,16-17,20-21H2,1H3,(H,33,36)(H,34,37). The molecule has 206 valence electrons. The molecule has 40 heavy (non-hydrogen) atoms. The molecule has 2 amide bonds. The summed E-state index contributed by atoms with van der Waals surface area (Å²) in [6, 6.07) is 21.9. The second-order valence-electron chi connectivity index (χ2n) is 9.29. The predicted octanol–water partition coefficient (Wildman–Crippen LogP) is 4.46. The van der Waals surface area contributed by atoms with Crippen molar-refractivity contribution in [2.24, 2.45) is 0 Å². The minimum Gasteiger partial charge on any atom is -0.497 e. The summed E-state index contributed by atoms with van der Waals surface area (Å²) in [6.07, 6.45) is 8.70. The second-order valence-corrected chi connectivity index (χ2v) is 9.29. The third-order valence-corrected chi connectivity index (χ3v) is 6.52. The lowest BCUT2D eigenvalue weighted by atomic mass is 10.1. The van der Waals surface area contributed by atoms with Crippen molar-refractivity contribution in [1.29, 1.82) is 0 Å².